The smallest absolute Gasteiger partial charge is 0.224 e. The summed E-state index contributed by atoms with van der Waals surface area (Å²) in [4.78, 5) is 16.6. The third-order valence-electron chi connectivity index (χ3n) is 4.27. The van der Waals surface area contributed by atoms with E-state index >= 15 is 0 Å². The summed E-state index contributed by atoms with van der Waals surface area (Å²) < 4.78 is 0. The van der Waals surface area contributed by atoms with Crippen molar-refractivity contribution in [3.8, 4) is 0 Å². The summed E-state index contributed by atoms with van der Waals surface area (Å²) in [6.45, 7) is 9.08. The van der Waals surface area contributed by atoms with E-state index in [0.717, 1.165) is 25.3 Å². The van der Waals surface area contributed by atoms with Gasteiger partial charge in [0.05, 0.1) is 16.1 Å². The summed E-state index contributed by atoms with van der Waals surface area (Å²) in [7, 11) is 0. The Morgan fingerprint density at radius 2 is 1.86 bits per heavy atom. The maximum absolute atomic E-state index is 12.3. The van der Waals surface area contributed by atoms with Crippen molar-refractivity contribution < 1.29 is 4.79 Å². The van der Waals surface area contributed by atoms with Gasteiger partial charge in [-0.05, 0) is 50.0 Å². The van der Waals surface area contributed by atoms with Crippen LogP contribution >= 0.6 is 23.2 Å². The Morgan fingerprint density at radius 3 is 2.36 bits per heavy atom. The number of carbonyl (C=O) groups is 1. The molecule has 122 valence electrons. The minimum absolute atomic E-state index is 0.0382. The van der Waals surface area contributed by atoms with E-state index in [4.69, 9.17) is 23.2 Å². The average molecular weight is 343 g/mol. The predicted molar refractivity (Wildman–Crippen MR) is 93.9 cm³/mol. The Hall–Kier alpha value is -0.770. The molecule has 1 aromatic rings. The molecular weight excluding hydrogens is 319 g/mol. The topological polar surface area (TPSA) is 23.6 Å². The second-order valence-electron chi connectivity index (χ2n) is 6.31. The lowest BCUT2D eigenvalue weighted by atomic mass is 10.0. The van der Waals surface area contributed by atoms with Gasteiger partial charge in [0.1, 0.15) is 0 Å². The normalized spacial score (nSPS) is 17.0. The van der Waals surface area contributed by atoms with Crippen LogP contribution in [0.4, 0.5) is 5.69 Å². The van der Waals surface area contributed by atoms with Gasteiger partial charge in [0, 0.05) is 19.2 Å². The highest BCUT2D eigenvalue weighted by atomic mass is 35.5. The van der Waals surface area contributed by atoms with E-state index in [-0.39, 0.29) is 11.9 Å². The van der Waals surface area contributed by atoms with Crippen LogP contribution in [0.25, 0.3) is 0 Å². The molecule has 0 bridgehead atoms. The van der Waals surface area contributed by atoms with Gasteiger partial charge in [0.15, 0.2) is 0 Å². The van der Waals surface area contributed by atoms with Crippen molar-refractivity contribution in [3.05, 3.63) is 28.2 Å². The number of benzene rings is 1. The fourth-order valence-electron chi connectivity index (χ4n) is 3.06. The predicted octanol–water partition coefficient (Wildman–Crippen LogP) is 4.47. The van der Waals surface area contributed by atoms with Crippen molar-refractivity contribution in [1.82, 2.24) is 4.90 Å². The molecule has 0 spiro atoms. The summed E-state index contributed by atoms with van der Waals surface area (Å²) in [5, 5.41) is 0.989. The SMILES string of the molecule is CC(=O)N(c1ccc(Cl)c(Cl)c1)C(CN1CCCC1)C(C)C. The first-order valence-corrected chi connectivity index (χ1v) is 8.63. The Kier molecular flexibility index (Phi) is 6.13. The summed E-state index contributed by atoms with van der Waals surface area (Å²) in [6, 6.07) is 5.54. The number of rotatable bonds is 5. The third-order valence-corrected chi connectivity index (χ3v) is 5.00. The highest BCUT2D eigenvalue weighted by Gasteiger charge is 2.28. The Morgan fingerprint density at radius 1 is 1.23 bits per heavy atom. The van der Waals surface area contributed by atoms with E-state index in [1.807, 2.05) is 11.0 Å². The van der Waals surface area contributed by atoms with E-state index in [0.29, 0.717) is 16.0 Å². The molecule has 1 amide bonds. The molecule has 0 aromatic heterocycles. The van der Waals surface area contributed by atoms with Gasteiger partial charge < -0.3 is 9.80 Å². The van der Waals surface area contributed by atoms with Crippen LogP contribution in [0.3, 0.4) is 0 Å². The minimum Gasteiger partial charge on any atom is -0.308 e. The highest BCUT2D eigenvalue weighted by molar-refractivity contribution is 6.42. The molecule has 5 heteroatoms. The number of hydrogen-bond acceptors (Lipinski definition) is 2. The van der Waals surface area contributed by atoms with Crippen LogP contribution in [0.15, 0.2) is 18.2 Å². The summed E-state index contributed by atoms with van der Waals surface area (Å²) in [5.41, 5.74) is 0.819. The lowest BCUT2D eigenvalue weighted by molar-refractivity contribution is -0.117. The van der Waals surface area contributed by atoms with Gasteiger partial charge in [-0.3, -0.25) is 4.79 Å². The van der Waals surface area contributed by atoms with Gasteiger partial charge in [-0.2, -0.15) is 0 Å². The fourth-order valence-corrected chi connectivity index (χ4v) is 3.35. The number of hydrogen-bond donors (Lipinski definition) is 0. The molecule has 1 aromatic carbocycles. The van der Waals surface area contributed by atoms with Crippen LogP contribution in [0, 0.1) is 5.92 Å². The van der Waals surface area contributed by atoms with Crippen molar-refractivity contribution in [1.29, 1.82) is 0 Å². The molecule has 0 aliphatic carbocycles. The standard InChI is InChI=1S/C17H24Cl2N2O/c1-12(2)17(11-20-8-4-5-9-20)21(13(3)22)14-6-7-15(18)16(19)10-14/h6-7,10,12,17H,4-5,8-9,11H2,1-3H3. The van der Waals surface area contributed by atoms with Crippen molar-refractivity contribution in [2.24, 2.45) is 5.92 Å². The van der Waals surface area contributed by atoms with Gasteiger partial charge >= 0.3 is 0 Å². The van der Waals surface area contributed by atoms with Gasteiger partial charge in [0.2, 0.25) is 5.91 Å². The van der Waals surface area contributed by atoms with E-state index in [1.165, 1.54) is 12.8 Å². The summed E-state index contributed by atoms with van der Waals surface area (Å²) in [5.74, 6) is 0.398. The number of nitrogens with zero attached hydrogens (tertiary/aromatic N) is 2. The van der Waals surface area contributed by atoms with Crippen LogP contribution < -0.4 is 4.90 Å². The molecule has 0 N–H and O–H groups in total. The maximum Gasteiger partial charge on any atom is 0.224 e. The second kappa shape index (κ2) is 7.67. The summed E-state index contributed by atoms with van der Waals surface area (Å²) in [6.07, 6.45) is 2.50. The quantitative estimate of drug-likeness (QED) is 0.788. The molecular formula is C17H24Cl2N2O. The molecule has 1 fully saturated rings. The first kappa shape index (κ1) is 17.6. The molecule has 1 aliphatic rings. The lowest BCUT2D eigenvalue weighted by Crippen LogP contribution is -2.48. The van der Waals surface area contributed by atoms with Crippen LogP contribution in [-0.4, -0.2) is 36.5 Å². The molecule has 2 rings (SSSR count). The van der Waals surface area contributed by atoms with E-state index in [1.54, 1.807) is 19.1 Å². The van der Waals surface area contributed by atoms with Gasteiger partial charge in [-0.25, -0.2) is 0 Å². The Bertz CT molecular complexity index is 527. The van der Waals surface area contributed by atoms with Crippen LogP contribution in [0.5, 0.6) is 0 Å². The van der Waals surface area contributed by atoms with E-state index < -0.39 is 0 Å². The highest BCUT2D eigenvalue weighted by Crippen LogP contribution is 2.30. The lowest BCUT2D eigenvalue weighted by Gasteiger charge is -2.36. The van der Waals surface area contributed by atoms with Gasteiger partial charge in [-0.15, -0.1) is 0 Å². The van der Waals surface area contributed by atoms with Crippen LogP contribution in [0.1, 0.15) is 33.6 Å². The van der Waals surface area contributed by atoms with Crippen LogP contribution in [0.2, 0.25) is 10.0 Å². The number of amides is 1. The first-order valence-electron chi connectivity index (χ1n) is 7.87. The van der Waals surface area contributed by atoms with Crippen molar-refractivity contribution in [2.45, 2.75) is 39.7 Å². The second-order valence-corrected chi connectivity index (χ2v) is 7.12. The average Bonchev–Trinajstić information content (AvgIpc) is 2.94. The first-order chi connectivity index (χ1) is 10.4. The number of anilines is 1. The number of carbonyl (C=O) groups excluding carboxylic acids is 1. The molecule has 1 saturated heterocycles. The van der Waals surface area contributed by atoms with Gasteiger partial charge in [0.25, 0.3) is 0 Å². The molecule has 1 unspecified atom stereocenters. The molecule has 1 atom stereocenters. The fraction of sp³-hybridized carbons (Fsp3) is 0.588. The zero-order valence-corrected chi connectivity index (χ0v) is 15.0. The molecule has 1 heterocycles. The van der Waals surface area contributed by atoms with Crippen LogP contribution in [-0.2, 0) is 4.79 Å². The zero-order valence-electron chi connectivity index (χ0n) is 13.5. The molecule has 22 heavy (non-hydrogen) atoms. The van der Waals surface area contributed by atoms with Gasteiger partial charge in [-0.1, -0.05) is 37.0 Å². The number of halogens is 2. The molecule has 0 saturated carbocycles. The zero-order chi connectivity index (χ0) is 16.3. The van der Waals surface area contributed by atoms with Crippen molar-refractivity contribution in [3.63, 3.8) is 0 Å². The molecule has 3 nitrogen and oxygen atoms in total. The molecule has 0 radical (unpaired) electrons. The van der Waals surface area contributed by atoms with Crippen molar-refractivity contribution >= 4 is 34.8 Å². The van der Waals surface area contributed by atoms with E-state index in [2.05, 4.69) is 18.7 Å². The van der Waals surface area contributed by atoms with Crippen molar-refractivity contribution in [2.75, 3.05) is 24.5 Å². The number of likely N-dealkylation sites (tertiary alicyclic amines) is 1. The monoisotopic (exact) mass is 342 g/mol. The Balaban J connectivity index is 2.29. The summed E-state index contributed by atoms with van der Waals surface area (Å²) >= 11 is 12.1. The Labute approximate surface area is 143 Å². The third kappa shape index (κ3) is 4.15. The minimum atomic E-state index is 0.0382. The molecule has 1 aliphatic heterocycles. The maximum atomic E-state index is 12.3. The van der Waals surface area contributed by atoms with E-state index in [9.17, 15) is 4.79 Å². The largest absolute Gasteiger partial charge is 0.308 e.